The van der Waals surface area contributed by atoms with Crippen molar-refractivity contribution in [3.05, 3.63) is 24.3 Å². The molecular weight excluding hydrogens is 116 g/mol. The Morgan fingerprint density at radius 2 is 2.11 bits per heavy atom. The van der Waals surface area contributed by atoms with Crippen LogP contribution in [-0.2, 0) is 4.74 Å². The van der Waals surface area contributed by atoms with Crippen LogP contribution in [0.4, 0.5) is 0 Å². The highest BCUT2D eigenvalue weighted by Gasteiger charge is 2.26. The molecule has 0 radical (unpaired) electrons. The van der Waals surface area contributed by atoms with Crippen LogP contribution < -0.4 is 0 Å². The number of ether oxygens (including phenoxy) is 1. The minimum atomic E-state index is 0.186. The second-order valence-corrected chi connectivity index (χ2v) is 1.93. The quantitative estimate of drug-likeness (QED) is 0.510. The van der Waals surface area contributed by atoms with Gasteiger partial charge in [-0.3, -0.25) is 0 Å². The van der Waals surface area contributed by atoms with Crippen LogP contribution >= 0.6 is 0 Å². The van der Waals surface area contributed by atoms with E-state index in [0.29, 0.717) is 0 Å². The molecule has 1 aliphatic heterocycles. The lowest BCUT2D eigenvalue weighted by Gasteiger charge is -1.87. The smallest absolute Gasteiger partial charge is 0.159 e. The predicted octanol–water partition coefficient (Wildman–Crippen LogP) is 0.548. The van der Waals surface area contributed by atoms with Gasteiger partial charge in [-0.15, -0.1) is 0 Å². The zero-order valence-electron chi connectivity index (χ0n) is 4.82. The van der Waals surface area contributed by atoms with Crippen molar-refractivity contribution < 1.29 is 4.74 Å². The molecule has 0 spiro atoms. The molecule has 0 N–H and O–H groups in total. The van der Waals surface area contributed by atoms with Crippen molar-refractivity contribution in [2.45, 2.75) is 6.10 Å². The Balaban J connectivity index is 2.29. The molecule has 2 rings (SSSR count). The third kappa shape index (κ3) is 0.907. The van der Waals surface area contributed by atoms with Crippen molar-refractivity contribution in [3.8, 4) is 0 Å². The maximum atomic E-state index is 4.97. The van der Waals surface area contributed by atoms with Gasteiger partial charge in [0.25, 0.3) is 0 Å². The maximum absolute atomic E-state index is 4.97. The van der Waals surface area contributed by atoms with Gasteiger partial charge in [0.1, 0.15) is 6.10 Å². The topological polar surface area (TPSA) is 38.3 Å². The van der Waals surface area contributed by atoms with Gasteiger partial charge in [0, 0.05) is 12.4 Å². The highest BCUT2D eigenvalue weighted by Crippen LogP contribution is 2.25. The van der Waals surface area contributed by atoms with Gasteiger partial charge in [0.05, 0.1) is 6.61 Å². The third-order valence-electron chi connectivity index (χ3n) is 1.21. The summed E-state index contributed by atoms with van der Waals surface area (Å²) in [6, 6.07) is 1.80. The fourth-order valence-corrected chi connectivity index (χ4v) is 0.674. The van der Waals surface area contributed by atoms with Gasteiger partial charge in [-0.2, -0.15) is 0 Å². The summed E-state index contributed by atoms with van der Waals surface area (Å²) in [6.45, 7) is 0.782. The predicted molar refractivity (Wildman–Crippen MR) is 30.7 cm³/mol. The molecule has 1 saturated heterocycles. The van der Waals surface area contributed by atoms with Gasteiger partial charge < -0.3 is 4.74 Å². The summed E-state index contributed by atoms with van der Waals surface area (Å²) in [7, 11) is 0. The standard InChI is InChI=1S/C6H6N2O/c1-2-7-6(8-3-1)5-4-9-5/h1-3,5H,4H2. The Hall–Kier alpha value is -0.960. The second-order valence-electron chi connectivity index (χ2n) is 1.93. The van der Waals surface area contributed by atoms with Crippen molar-refractivity contribution >= 4 is 0 Å². The number of hydrogen-bond donors (Lipinski definition) is 0. The first-order chi connectivity index (χ1) is 4.47. The van der Waals surface area contributed by atoms with E-state index < -0.39 is 0 Å². The van der Waals surface area contributed by atoms with Crippen LogP contribution in [0.5, 0.6) is 0 Å². The molecule has 1 aromatic heterocycles. The Labute approximate surface area is 52.7 Å². The van der Waals surface area contributed by atoms with Crippen LogP contribution in [0.2, 0.25) is 0 Å². The first kappa shape index (κ1) is 4.88. The normalized spacial score (nSPS) is 23.8. The van der Waals surface area contributed by atoms with Crippen molar-refractivity contribution in [3.63, 3.8) is 0 Å². The van der Waals surface area contributed by atoms with Gasteiger partial charge in [0.2, 0.25) is 0 Å². The molecule has 46 valence electrons. The summed E-state index contributed by atoms with van der Waals surface area (Å²) in [5, 5.41) is 0. The van der Waals surface area contributed by atoms with Crippen LogP contribution in [0.3, 0.4) is 0 Å². The molecule has 0 aliphatic carbocycles. The van der Waals surface area contributed by atoms with E-state index in [4.69, 9.17) is 4.74 Å². The van der Waals surface area contributed by atoms with E-state index >= 15 is 0 Å². The number of nitrogens with zero attached hydrogens (tertiary/aromatic N) is 2. The third-order valence-corrected chi connectivity index (χ3v) is 1.21. The lowest BCUT2D eigenvalue weighted by Crippen LogP contribution is -1.88. The van der Waals surface area contributed by atoms with Crippen molar-refractivity contribution in [1.29, 1.82) is 0 Å². The number of rotatable bonds is 1. The van der Waals surface area contributed by atoms with Crippen LogP contribution in [0, 0.1) is 0 Å². The molecule has 9 heavy (non-hydrogen) atoms. The monoisotopic (exact) mass is 122 g/mol. The Morgan fingerprint density at radius 3 is 2.67 bits per heavy atom. The minimum Gasteiger partial charge on any atom is -0.365 e. The van der Waals surface area contributed by atoms with E-state index in [1.54, 1.807) is 18.5 Å². The summed E-state index contributed by atoms with van der Waals surface area (Å²) in [5.74, 6) is 0.803. The van der Waals surface area contributed by atoms with E-state index in [1.165, 1.54) is 0 Å². The Bertz CT molecular complexity index is 195. The van der Waals surface area contributed by atoms with Gasteiger partial charge in [-0.05, 0) is 6.07 Å². The highest BCUT2D eigenvalue weighted by atomic mass is 16.6. The summed E-state index contributed by atoms with van der Waals surface area (Å²) >= 11 is 0. The minimum absolute atomic E-state index is 0.186. The molecule has 0 bridgehead atoms. The lowest BCUT2D eigenvalue weighted by atomic mass is 10.4. The molecule has 1 aliphatic rings. The van der Waals surface area contributed by atoms with Crippen LogP contribution in [0.25, 0.3) is 0 Å². The SMILES string of the molecule is c1cnc(C2CO2)nc1. The molecule has 3 heteroatoms. The molecule has 1 unspecified atom stereocenters. The summed E-state index contributed by atoms with van der Waals surface area (Å²) in [6.07, 6.45) is 3.64. The van der Waals surface area contributed by atoms with Gasteiger partial charge >= 0.3 is 0 Å². The largest absolute Gasteiger partial charge is 0.365 e. The Kier molecular flexibility index (Phi) is 0.960. The van der Waals surface area contributed by atoms with Crippen molar-refractivity contribution in [2.24, 2.45) is 0 Å². The van der Waals surface area contributed by atoms with Gasteiger partial charge in [0.15, 0.2) is 5.82 Å². The van der Waals surface area contributed by atoms with E-state index in [9.17, 15) is 0 Å². The number of aromatic nitrogens is 2. The zero-order valence-corrected chi connectivity index (χ0v) is 4.82. The first-order valence-electron chi connectivity index (χ1n) is 2.85. The molecule has 2 heterocycles. The fourth-order valence-electron chi connectivity index (χ4n) is 0.674. The van der Waals surface area contributed by atoms with Crippen LogP contribution in [-0.4, -0.2) is 16.6 Å². The first-order valence-corrected chi connectivity index (χ1v) is 2.85. The molecule has 0 amide bonds. The summed E-state index contributed by atoms with van der Waals surface area (Å²) in [4.78, 5) is 8.01. The van der Waals surface area contributed by atoms with E-state index in [2.05, 4.69) is 9.97 Å². The summed E-state index contributed by atoms with van der Waals surface area (Å²) in [5.41, 5.74) is 0. The zero-order chi connectivity index (χ0) is 6.10. The maximum Gasteiger partial charge on any atom is 0.159 e. The van der Waals surface area contributed by atoms with Crippen LogP contribution in [0.1, 0.15) is 11.9 Å². The average Bonchev–Trinajstić information content (AvgIpc) is 2.71. The molecular formula is C6H6N2O. The molecule has 1 aromatic rings. The van der Waals surface area contributed by atoms with Crippen molar-refractivity contribution in [2.75, 3.05) is 6.61 Å². The van der Waals surface area contributed by atoms with E-state index in [-0.39, 0.29) is 6.10 Å². The fraction of sp³-hybridized carbons (Fsp3) is 0.333. The molecule has 0 saturated carbocycles. The lowest BCUT2D eigenvalue weighted by molar-refractivity contribution is 0.406. The second kappa shape index (κ2) is 1.77. The van der Waals surface area contributed by atoms with Gasteiger partial charge in [-0.25, -0.2) is 9.97 Å². The van der Waals surface area contributed by atoms with Crippen LogP contribution in [0.15, 0.2) is 18.5 Å². The van der Waals surface area contributed by atoms with Crippen molar-refractivity contribution in [1.82, 2.24) is 9.97 Å². The molecule has 1 atom stereocenters. The molecule has 0 aromatic carbocycles. The highest BCUT2D eigenvalue weighted by molar-refractivity contribution is 4.97. The van der Waals surface area contributed by atoms with E-state index in [0.717, 1.165) is 12.4 Å². The van der Waals surface area contributed by atoms with E-state index in [1.807, 2.05) is 0 Å². The number of epoxide rings is 1. The van der Waals surface area contributed by atoms with Gasteiger partial charge in [-0.1, -0.05) is 0 Å². The molecule has 3 nitrogen and oxygen atoms in total. The summed E-state index contributed by atoms with van der Waals surface area (Å²) < 4.78 is 4.97. The Morgan fingerprint density at radius 1 is 1.44 bits per heavy atom. The molecule has 1 fully saturated rings. The number of hydrogen-bond acceptors (Lipinski definition) is 3. The average molecular weight is 122 g/mol.